The summed E-state index contributed by atoms with van der Waals surface area (Å²) in [5.41, 5.74) is 0.620. The average Bonchev–Trinajstić information content (AvgIpc) is 2.28. The Labute approximate surface area is 112 Å². The summed E-state index contributed by atoms with van der Waals surface area (Å²) in [5, 5.41) is 11.0. The van der Waals surface area contributed by atoms with Gasteiger partial charge < -0.3 is 4.90 Å². The molecule has 2 rings (SSSR count). The molecule has 1 saturated heterocycles. The predicted octanol–water partition coefficient (Wildman–Crippen LogP) is 2.37. The van der Waals surface area contributed by atoms with Gasteiger partial charge in [-0.3, -0.25) is 14.9 Å². The van der Waals surface area contributed by atoms with Crippen LogP contribution in [0.1, 0.15) is 12.8 Å². The minimum atomic E-state index is -0.392. The maximum atomic E-state index is 11.4. The monoisotopic (exact) mass is 346 g/mol. The van der Waals surface area contributed by atoms with E-state index in [1.165, 1.54) is 6.07 Å². The zero-order chi connectivity index (χ0) is 12.4. The van der Waals surface area contributed by atoms with Crippen molar-refractivity contribution in [1.29, 1.82) is 0 Å². The molecular formula is C11H11IN2O3. The van der Waals surface area contributed by atoms with E-state index in [0.29, 0.717) is 18.7 Å². The van der Waals surface area contributed by atoms with Crippen molar-refractivity contribution in [2.45, 2.75) is 12.8 Å². The van der Waals surface area contributed by atoms with Crippen molar-refractivity contribution in [3.63, 3.8) is 0 Å². The zero-order valence-corrected chi connectivity index (χ0v) is 11.2. The average molecular weight is 346 g/mol. The van der Waals surface area contributed by atoms with Crippen LogP contribution in [0.25, 0.3) is 0 Å². The van der Waals surface area contributed by atoms with E-state index >= 15 is 0 Å². The second-order valence-electron chi connectivity index (χ2n) is 3.95. The van der Waals surface area contributed by atoms with Crippen LogP contribution in [0.5, 0.6) is 0 Å². The van der Waals surface area contributed by atoms with Crippen LogP contribution in [0.3, 0.4) is 0 Å². The van der Waals surface area contributed by atoms with E-state index in [1.807, 2.05) is 28.7 Å². The van der Waals surface area contributed by atoms with Gasteiger partial charge in [0.15, 0.2) is 5.78 Å². The van der Waals surface area contributed by atoms with Crippen molar-refractivity contribution < 1.29 is 9.72 Å². The summed E-state index contributed by atoms with van der Waals surface area (Å²) in [7, 11) is 0. The summed E-state index contributed by atoms with van der Waals surface area (Å²) in [6.07, 6.45) is 1.34. The first-order chi connectivity index (χ1) is 8.08. The molecule has 0 aromatic heterocycles. The second-order valence-corrected chi connectivity index (χ2v) is 5.20. The van der Waals surface area contributed by atoms with Gasteiger partial charge in [-0.1, -0.05) is 0 Å². The number of nitro benzene ring substituents is 1. The van der Waals surface area contributed by atoms with Crippen LogP contribution >= 0.6 is 22.6 Å². The Morgan fingerprint density at radius 1 is 1.41 bits per heavy atom. The normalized spacial score (nSPS) is 16.1. The van der Waals surface area contributed by atoms with Gasteiger partial charge in [-0.2, -0.15) is 0 Å². The predicted molar refractivity (Wildman–Crippen MR) is 72.3 cm³/mol. The summed E-state index contributed by atoms with van der Waals surface area (Å²) >= 11 is 2.04. The van der Waals surface area contributed by atoms with E-state index in [2.05, 4.69) is 0 Å². The third-order valence-electron chi connectivity index (χ3n) is 2.73. The van der Waals surface area contributed by atoms with E-state index in [-0.39, 0.29) is 18.0 Å². The summed E-state index contributed by atoms with van der Waals surface area (Å²) in [5.74, 6) is 0.143. The molecule has 1 aliphatic heterocycles. The number of benzene rings is 1. The number of hydrogen-bond donors (Lipinski definition) is 0. The molecule has 0 saturated carbocycles. The van der Waals surface area contributed by atoms with Crippen molar-refractivity contribution in [3.8, 4) is 0 Å². The number of nitro groups is 1. The van der Waals surface area contributed by atoms with Gasteiger partial charge in [0.05, 0.1) is 11.5 Å². The van der Waals surface area contributed by atoms with Gasteiger partial charge in [0.25, 0.3) is 5.69 Å². The minimum absolute atomic E-state index is 0.0756. The lowest BCUT2D eigenvalue weighted by molar-refractivity contribution is -0.384. The second kappa shape index (κ2) is 4.99. The Balaban J connectivity index is 2.37. The Kier molecular flexibility index (Phi) is 3.60. The number of piperidine rings is 1. The standard InChI is InChI=1S/C11H11IN2O3/c12-8-3-4-10(11(6-8)14(16)17)13-5-1-2-9(15)7-13/h3-4,6H,1-2,5,7H2. The van der Waals surface area contributed by atoms with Crippen LogP contribution in [0.2, 0.25) is 0 Å². The molecule has 1 fully saturated rings. The zero-order valence-electron chi connectivity index (χ0n) is 9.06. The summed E-state index contributed by atoms with van der Waals surface area (Å²) < 4.78 is 0.821. The molecular weight excluding hydrogens is 335 g/mol. The van der Waals surface area contributed by atoms with Crippen molar-refractivity contribution in [2.75, 3.05) is 18.0 Å². The van der Waals surface area contributed by atoms with E-state index in [0.717, 1.165) is 9.99 Å². The maximum absolute atomic E-state index is 11.4. The summed E-state index contributed by atoms with van der Waals surface area (Å²) in [4.78, 5) is 23.8. The third-order valence-corrected chi connectivity index (χ3v) is 3.40. The summed E-state index contributed by atoms with van der Waals surface area (Å²) in [6.45, 7) is 0.981. The minimum Gasteiger partial charge on any atom is -0.359 e. The Morgan fingerprint density at radius 2 is 2.18 bits per heavy atom. The Morgan fingerprint density at radius 3 is 2.82 bits per heavy atom. The largest absolute Gasteiger partial charge is 0.359 e. The molecule has 0 N–H and O–H groups in total. The highest BCUT2D eigenvalue weighted by molar-refractivity contribution is 14.1. The number of halogens is 1. The fourth-order valence-electron chi connectivity index (χ4n) is 1.95. The molecule has 0 amide bonds. The Hall–Kier alpha value is -1.18. The molecule has 1 aromatic carbocycles. The first kappa shape index (κ1) is 12.3. The van der Waals surface area contributed by atoms with Crippen molar-refractivity contribution in [3.05, 3.63) is 31.9 Å². The highest BCUT2D eigenvalue weighted by atomic mass is 127. The quantitative estimate of drug-likeness (QED) is 0.469. The van der Waals surface area contributed by atoms with Crippen LogP contribution in [0, 0.1) is 13.7 Å². The molecule has 0 atom stereocenters. The number of nitrogens with zero attached hydrogens (tertiary/aromatic N) is 2. The molecule has 17 heavy (non-hydrogen) atoms. The topological polar surface area (TPSA) is 63.5 Å². The number of hydrogen-bond acceptors (Lipinski definition) is 4. The van der Waals surface area contributed by atoms with Crippen molar-refractivity contribution in [2.24, 2.45) is 0 Å². The third kappa shape index (κ3) is 2.74. The van der Waals surface area contributed by atoms with E-state index in [1.54, 1.807) is 11.0 Å². The number of carbonyl (C=O) groups is 1. The van der Waals surface area contributed by atoms with Gasteiger partial charge in [0.1, 0.15) is 5.69 Å². The first-order valence-electron chi connectivity index (χ1n) is 5.28. The van der Waals surface area contributed by atoms with Gasteiger partial charge in [-0.05, 0) is 41.1 Å². The lowest BCUT2D eigenvalue weighted by atomic mass is 10.1. The first-order valence-corrected chi connectivity index (χ1v) is 6.36. The van der Waals surface area contributed by atoms with Crippen LogP contribution in [0.4, 0.5) is 11.4 Å². The lowest BCUT2D eigenvalue weighted by Crippen LogP contribution is -2.35. The number of ketones is 1. The molecule has 0 unspecified atom stereocenters. The number of Topliss-reactive ketones (excluding diaryl/α,β-unsaturated/α-hetero) is 1. The number of rotatable bonds is 2. The number of anilines is 1. The smallest absolute Gasteiger partial charge is 0.293 e. The fourth-order valence-corrected chi connectivity index (χ4v) is 2.43. The molecule has 1 aliphatic rings. The molecule has 1 aromatic rings. The van der Waals surface area contributed by atoms with Gasteiger partial charge in [0.2, 0.25) is 0 Å². The van der Waals surface area contributed by atoms with E-state index in [4.69, 9.17) is 0 Å². The Bertz CT molecular complexity index is 476. The van der Waals surface area contributed by atoms with Crippen LogP contribution in [-0.4, -0.2) is 23.8 Å². The molecule has 1 heterocycles. The van der Waals surface area contributed by atoms with E-state index < -0.39 is 4.92 Å². The maximum Gasteiger partial charge on any atom is 0.293 e. The van der Waals surface area contributed by atoms with Gasteiger partial charge in [0, 0.05) is 22.6 Å². The van der Waals surface area contributed by atoms with Crippen LogP contribution < -0.4 is 4.90 Å². The van der Waals surface area contributed by atoms with E-state index in [9.17, 15) is 14.9 Å². The highest BCUT2D eigenvalue weighted by Gasteiger charge is 2.24. The van der Waals surface area contributed by atoms with Crippen molar-refractivity contribution >= 4 is 39.7 Å². The molecule has 6 heteroatoms. The molecule has 5 nitrogen and oxygen atoms in total. The summed E-state index contributed by atoms with van der Waals surface area (Å²) in [6, 6.07) is 5.08. The fraction of sp³-hybridized carbons (Fsp3) is 0.364. The molecule has 90 valence electrons. The van der Waals surface area contributed by atoms with Crippen LogP contribution in [-0.2, 0) is 4.79 Å². The van der Waals surface area contributed by atoms with Crippen LogP contribution in [0.15, 0.2) is 18.2 Å². The lowest BCUT2D eigenvalue weighted by Gasteiger charge is -2.27. The van der Waals surface area contributed by atoms with Gasteiger partial charge >= 0.3 is 0 Å². The van der Waals surface area contributed by atoms with Gasteiger partial charge in [-0.25, -0.2) is 0 Å². The number of carbonyl (C=O) groups excluding carboxylic acids is 1. The molecule has 0 bridgehead atoms. The van der Waals surface area contributed by atoms with Crippen molar-refractivity contribution in [1.82, 2.24) is 0 Å². The SMILES string of the molecule is O=C1CCCN(c2ccc(I)cc2[N+](=O)[O-])C1. The molecule has 0 aliphatic carbocycles. The van der Waals surface area contributed by atoms with Gasteiger partial charge in [-0.15, -0.1) is 0 Å². The molecule has 0 radical (unpaired) electrons. The molecule has 0 spiro atoms. The highest BCUT2D eigenvalue weighted by Crippen LogP contribution is 2.31.